The number of benzene rings is 1. The molecule has 1 aromatic carbocycles. The van der Waals surface area contributed by atoms with E-state index in [1.807, 2.05) is 0 Å². The van der Waals surface area contributed by atoms with Gasteiger partial charge in [0.25, 0.3) is 5.91 Å². The first-order chi connectivity index (χ1) is 9.54. The van der Waals surface area contributed by atoms with Crippen LogP contribution in [0.4, 0.5) is 14.5 Å². The van der Waals surface area contributed by atoms with E-state index in [-0.39, 0.29) is 18.2 Å². The Balaban J connectivity index is 1.92. The SMILES string of the molecule is Cc1cc(OCC(=O)Nc2ccc(F)cc2F)ncn1. The van der Waals surface area contributed by atoms with Gasteiger partial charge in [-0.1, -0.05) is 0 Å². The molecule has 0 fully saturated rings. The Morgan fingerprint density at radius 3 is 2.80 bits per heavy atom. The molecular formula is C13H11F2N3O2. The van der Waals surface area contributed by atoms with E-state index in [4.69, 9.17) is 4.74 Å². The third kappa shape index (κ3) is 3.71. The standard InChI is InChI=1S/C13H11F2N3O2/c1-8-4-13(17-7-16-8)20-6-12(19)18-11-3-2-9(14)5-10(11)15/h2-5,7H,6H2,1H3,(H,18,19). The number of nitrogens with one attached hydrogen (secondary N) is 1. The molecule has 0 radical (unpaired) electrons. The highest BCUT2D eigenvalue weighted by molar-refractivity contribution is 5.91. The summed E-state index contributed by atoms with van der Waals surface area (Å²) in [6, 6.07) is 4.43. The first-order valence-corrected chi connectivity index (χ1v) is 5.71. The Hall–Kier alpha value is -2.57. The zero-order valence-corrected chi connectivity index (χ0v) is 10.6. The van der Waals surface area contributed by atoms with E-state index in [1.54, 1.807) is 13.0 Å². The molecule has 0 aliphatic heterocycles. The van der Waals surface area contributed by atoms with Crippen LogP contribution in [0.1, 0.15) is 5.69 Å². The van der Waals surface area contributed by atoms with Crippen LogP contribution in [0.3, 0.4) is 0 Å². The second-order valence-corrected chi connectivity index (χ2v) is 3.96. The van der Waals surface area contributed by atoms with E-state index >= 15 is 0 Å². The predicted octanol–water partition coefficient (Wildman–Crippen LogP) is 2.08. The van der Waals surface area contributed by atoms with Crippen molar-refractivity contribution in [2.75, 3.05) is 11.9 Å². The van der Waals surface area contributed by atoms with Crippen LogP contribution in [0.2, 0.25) is 0 Å². The predicted molar refractivity (Wildman–Crippen MR) is 67.3 cm³/mol. The molecule has 1 amide bonds. The summed E-state index contributed by atoms with van der Waals surface area (Å²) >= 11 is 0. The summed E-state index contributed by atoms with van der Waals surface area (Å²) in [4.78, 5) is 19.3. The van der Waals surface area contributed by atoms with Crippen LogP contribution in [0.15, 0.2) is 30.6 Å². The van der Waals surface area contributed by atoms with Gasteiger partial charge < -0.3 is 10.1 Å². The van der Waals surface area contributed by atoms with Crippen LogP contribution in [0.25, 0.3) is 0 Å². The fourth-order valence-electron chi connectivity index (χ4n) is 1.43. The largest absolute Gasteiger partial charge is 0.467 e. The average Bonchev–Trinajstić information content (AvgIpc) is 2.40. The summed E-state index contributed by atoms with van der Waals surface area (Å²) in [5, 5.41) is 2.27. The van der Waals surface area contributed by atoms with Crippen molar-refractivity contribution in [3.8, 4) is 5.88 Å². The lowest BCUT2D eigenvalue weighted by Crippen LogP contribution is -2.21. The molecule has 1 aromatic heterocycles. The minimum atomic E-state index is -0.851. The molecule has 0 aliphatic rings. The number of hydrogen-bond donors (Lipinski definition) is 1. The van der Waals surface area contributed by atoms with Crippen molar-refractivity contribution in [3.05, 3.63) is 47.9 Å². The van der Waals surface area contributed by atoms with E-state index in [0.29, 0.717) is 11.8 Å². The summed E-state index contributed by atoms with van der Waals surface area (Å²) < 4.78 is 31.1. The van der Waals surface area contributed by atoms with Gasteiger partial charge in [-0.2, -0.15) is 0 Å². The van der Waals surface area contributed by atoms with Gasteiger partial charge in [-0.05, 0) is 19.1 Å². The number of ether oxygens (including phenoxy) is 1. The molecule has 1 N–H and O–H groups in total. The quantitative estimate of drug-likeness (QED) is 0.930. The lowest BCUT2D eigenvalue weighted by atomic mass is 10.3. The van der Waals surface area contributed by atoms with Crippen LogP contribution in [0, 0.1) is 18.6 Å². The molecule has 0 saturated heterocycles. The molecule has 5 nitrogen and oxygen atoms in total. The van der Waals surface area contributed by atoms with Gasteiger partial charge in [-0.25, -0.2) is 18.7 Å². The summed E-state index contributed by atoms with van der Waals surface area (Å²) in [5.74, 6) is -1.90. The van der Waals surface area contributed by atoms with Gasteiger partial charge in [0, 0.05) is 17.8 Å². The highest BCUT2D eigenvalue weighted by Crippen LogP contribution is 2.14. The number of carbonyl (C=O) groups is 1. The van der Waals surface area contributed by atoms with Gasteiger partial charge >= 0.3 is 0 Å². The maximum absolute atomic E-state index is 13.3. The Morgan fingerprint density at radius 1 is 1.30 bits per heavy atom. The van der Waals surface area contributed by atoms with Gasteiger partial charge in [-0.15, -0.1) is 0 Å². The first kappa shape index (κ1) is 13.9. The topological polar surface area (TPSA) is 64.1 Å². The lowest BCUT2D eigenvalue weighted by molar-refractivity contribution is -0.118. The van der Waals surface area contributed by atoms with Crippen LogP contribution in [0.5, 0.6) is 5.88 Å². The third-order valence-corrected chi connectivity index (χ3v) is 2.34. The number of amides is 1. The van der Waals surface area contributed by atoms with Crippen molar-refractivity contribution >= 4 is 11.6 Å². The van der Waals surface area contributed by atoms with Gasteiger partial charge in [0.05, 0.1) is 5.69 Å². The molecule has 0 spiro atoms. The van der Waals surface area contributed by atoms with E-state index in [9.17, 15) is 13.6 Å². The molecule has 104 valence electrons. The molecule has 0 aliphatic carbocycles. The maximum Gasteiger partial charge on any atom is 0.262 e. The van der Waals surface area contributed by atoms with Crippen molar-refractivity contribution in [3.63, 3.8) is 0 Å². The second-order valence-electron chi connectivity index (χ2n) is 3.96. The van der Waals surface area contributed by atoms with Crippen LogP contribution >= 0.6 is 0 Å². The monoisotopic (exact) mass is 279 g/mol. The highest BCUT2D eigenvalue weighted by Gasteiger charge is 2.09. The molecule has 2 rings (SSSR count). The van der Waals surface area contributed by atoms with E-state index in [1.165, 1.54) is 6.33 Å². The summed E-state index contributed by atoms with van der Waals surface area (Å²) in [7, 11) is 0. The van der Waals surface area contributed by atoms with Crippen molar-refractivity contribution in [1.82, 2.24) is 9.97 Å². The molecule has 0 bridgehead atoms. The van der Waals surface area contributed by atoms with E-state index in [0.717, 1.165) is 12.1 Å². The second kappa shape index (κ2) is 6.05. The number of halogens is 2. The fraction of sp³-hybridized carbons (Fsp3) is 0.154. The minimum absolute atomic E-state index is 0.112. The molecule has 0 atom stereocenters. The number of anilines is 1. The molecule has 0 unspecified atom stereocenters. The van der Waals surface area contributed by atoms with Crippen LogP contribution in [-0.2, 0) is 4.79 Å². The number of aromatic nitrogens is 2. The van der Waals surface area contributed by atoms with Crippen molar-refractivity contribution in [2.45, 2.75) is 6.92 Å². The number of nitrogens with zero attached hydrogens (tertiary/aromatic N) is 2. The molecular weight excluding hydrogens is 268 g/mol. The van der Waals surface area contributed by atoms with Crippen molar-refractivity contribution < 1.29 is 18.3 Å². The van der Waals surface area contributed by atoms with Crippen molar-refractivity contribution in [1.29, 1.82) is 0 Å². The number of rotatable bonds is 4. The molecule has 20 heavy (non-hydrogen) atoms. The van der Waals surface area contributed by atoms with Gasteiger partial charge in [-0.3, -0.25) is 4.79 Å². The Morgan fingerprint density at radius 2 is 2.10 bits per heavy atom. The Kier molecular flexibility index (Phi) is 4.19. The van der Waals surface area contributed by atoms with Crippen LogP contribution < -0.4 is 10.1 Å². The summed E-state index contributed by atoms with van der Waals surface area (Å²) in [6.07, 6.45) is 1.31. The highest BCUT2D eigenvalue weighted by atomic mass is 19.1. The maximum atomic E-state index is 13.3. The Labute approximate surface area is 113 Å². The fourth-order valence-corrected chi connectivity index (χ4v) is 1.43. The van der Waals surface area contributed by atoms with Gasteiger partial charge in [0.2, 0.25) is 5.88 Å². The number of aryl methyl sites for hydroxylation is 1. The lowest BCUT2D eigenvalue weighted by Gasteiger charge is -2.07. The third-order valence-electron chi connectivity index (χ3n) is 2.34. The Bertz CT molecular complexity index is 635. The van der Waals surface area contributed by atoms with Crippen molar-refractivity contribution in [2.24, 2.45) is 0 Å². The zero-order chi connectivity index (χ0) is 14.5. The first-order valence-electron chi connectivity index (χ1n) is 5.71. The molecule has 1 heterocycles. The van der Waals surface area contributed by atoms with E-state index < -0.39 is 17.5 Å². The smallest absolute Gasteiger partial charge is 0.262 e. The van der Waals surface area contributed by atoms with Gasteiger partial charge in [0.15, 0.2) is 6.61 Å². The van der Waals surface area contributed by atoms with Gasteiger partial charge in [0.1, 0.15) is 18.0 Å². The summed E-state index contributed by atoms with van der Waals surface area (Å²) in [5.41, 5.74) is 0.582. The summed E-state index contributed by atoms with van der Waals surface area (Å²) in [6.45, 7) is 1.41. The molecule has 7 heteroatoms. The molecule has 2 aromatic rings. The van der Waals surface area contributed by atoms with Crippen LogP contribution in [-0.4, -0.2) is 22.5 Å². The van der Waals surface area contributed by atoms with E-state index in [2.05, 4.69) is 15.3 Å². The number of hydrogen-bond acceptors (Lipinski definition) is 4. The minimum Gasteiger partial charge on any atom is -0.467 e. The zero-order valence-electron chi connectivity index (χ0n) is 10.6. The average molecular weight is 279 g/mol. The number of carbonyl (C=O) groups excluding carboxylic acids is 1. The normalized spacial score (nSPS) is 10.2. The molecule has 0 saturated carbocycles.